The number of hydrogen-bond acceptors (Lipinski definition) is 5. The van der Waals surface area contributed by atoms with Crippen molar-refractivity contribution in [3.63, 3.8) is 0 Å². The third kappa shape index (κ3) is 2.56. The van der Waals surface area contributed by atoms with Crippen LogP contribution in [0.3, 0.4) is 0 Å². The van der Waals surface area contributed by atoms with E-state index >= 15 is 0 Å². The lowest BCUT2D eigenvalue weighted by molar-refractivity contribution is -0.384. The number of nitro benzene ring substituents is 1. The number of hydrogen-bond donors (Lipinski definition) is 1. The van der Waals surface area contributed by atoms with Gasteiger partial charge in [0.15, 0.2) is 0 Å². The molecule has 1 aromatic carbocycles. The van der Waals surface area contributed by atoms with Crippen molar-refractivity contribution >= 4 is 23.0 Å². The fraction of sp³-hybridized carbons (Fsp3) is 0.0769. The predicted octanol–water partition coefficient (Wildman–Crippen LogP) is 2.46. The molecule has 0 unspecified atom stereocenters. The Morgan fingerprint density at radius 1 is 1.40 bits per heavy atom. The van der Waals surface area contributed by atoms with Crippen LogP contribution in [-0.4, -0.2) is 28.0 Å². The van der Waals surface area contributed by atoms with Crippen LogP contribution in [0.15, 0.2) is 42.7 Å². The van der Waals surface area contributed by atoms with Crippen molar-refractivity contribution in [3.8, 4) is 0 Å². The summed E-state index contributed by atoms with van der Waals surface area (Å²) in [6, 6.07) is 7.21. The van der Waals surface area contributed by atoms with E-state index in [0.29, 0.717) is 11.4 Å². The molecule has 1 N–H and O–H groups in total. The molecule has 1 aromatic heterocycles. The molecule has 0 fully saturated rings. The molecule has 0 saturated carbocycles. The molecule has 0 aliphatic carbocycles. The van der Waals surface area contributed by atoms with Gasteiger partial charge in [-0.2, -0.15) is 0 Å². The predicted molar refractivity (Wildman–Crippen MR) is 72.4 cm³/mol. The highest BCUT2D eigenvalue weighted by molar-refractivity contribution is 5.96. The third-order valence-corrected chi connectivity index (χ3v) is 2.82. The number of anilines is 2. The molecule has 0 aliphatic heterocycles. The van der Waals surface area contributed by atoms with Crippen molar-refractivity contribution in [2.45, 2.75) is 0 Å². The van der Waals surface area contributed by atoms with Gasteiger partial charge in [-0.1, -0.05) is 0 Å². The molecule has 0 radical (unpaired) electrons. The molecule has 7 heteroatoms. The van der Waals surface area contributed by atoms with Crippen molar-refractivity contribution in [2.75, 3.05) is 11.9 Å². The molecule has 1 heterocycles. The van der Waals surface area contributed by atoms with E-state index in [4.69, 9.17) is 0 Å². The van der Waals surface area contributed by atoms with Crippen LogP contribution in [0.1, 0.15) is 10.4 Å². The van der Waals surface area contributed by atoms with Crippen molar-refractivity contribution < 1.29 is 14.8 Å². The van der Waals surface area contributed by atoms with E-state index in [0.717, 1.165) is 6.07 Å². The highest BCUT2D eigenvalue weighted by Crippen LogP contribution is 2.29. The standard InChI is InChI=1S/C13H11N3O4/c1-15(10-3-2-6-14-8-10)12-5-4-9(16(19)20)7-11(12)13(17)18/h2-8H,1H3,(H,17,18). The molecule has 102 valence electrons. The summed E-state index contributed by atoms with van der Waals surface area (Å²) in [4.78, 5) is 26.9. The summed E-state index contributed by atoms with van der Waals surface area (Å²) in [5, 5.41) is 19.9. The lowest BCUT2D eigenvalue weighted by Crippen LogP contribution is -2.14. The second kappa shape index (κ2) is 5.35. The summed E-state index contributed by atoms with van der Waals surface area (Å²) in [7, 11) is 1.67. The molecule has 0 spiro atoms. The van der Waals surface area contributed by atoms with Crippen LogP contribution >= 0.6 is 0 Å². The first kappa shape index (κ1) is 13.5. The van der Waals surface area contributed by atoms with E-state index in [1.54, 1.807) is 36.5 Å². The quantitative estimate of drug-likeness (QED) is 0.678. The Morgan fingerprint density at radius 2 is 2.15 bits per heavy atom. The molecule has 0 bridgehead atoms. The van der Waals surface area contributed by atoms with Gasteiger partial charge in [0.1, 0.15) is 0 Å². The number of nitrogens with zero attached hydrogens (tertiary/aromatic N) is 3. The number of carboxylic acids is 1. The van der Waals surface area contributed by atoms with Crippen LogP contribution in [-0.2, 0) is 0 Å². The van der Waals surface area contributed by atoms with Gasteiger partial charge in [0.25, 0.3) is 5.69 Å². The van der Waals surface area contributed by atoms with Crippen molar-refractivity contribution in [1.82, 2.24) is 4.98 Å². The Kier molecular flexibility index (Phi) is 3.60. The van der Waals surface area contributed by atoms with Crippen molar-refractivity contribution in [3.05, 3.63) is 58.4 Å². The lowest BCUT2D eigenvalue weighted by Gasteiger charge is -2.20. The average molecular weight is 273 g/mol. The zero-order chi connectivity index (χ0) is 14.7. The molecular formula is C13H11N3O4. The summed E-state index contributed by atoms with van der Waals surface area (Å²) in [5.41, 5.74) is 0.649. The Bertz CT molecular complexity index is 658. The Morgan fingerprint density at radius 3 is 2.70 bits per heavy atom. The van der Waals surface area contributed by atoms with Crippen LogP contribution in [0, 0.1) is 10.1 Å². The molecule has 0 saturated heterocycles. The van der Waals surface area contributed by atoms with E-state index in [2.05, 4.69) is 4.98 Å². The molecule has 0 aliphatic rings. The number of aromatic carboxylic acids is 1. The van der Waals surface area contributed by atoms with Gasteiger partial charge in [0, 0.05) is 25.4 Å². The number of benzene rings is 1. The number of aromatic nitrogens is 1. The zero-order valence-electron chi connectivity index (χ0n) is 10.6. The Balaban J connectivity index is 2.51. The summed E-state index contributed by atoms with van der Waals surface area (Å²) in [5.74, 6) is -1.22. The Hall–Kier alpha value is -2.96. The molecule has 0 atom stereocenters. The maximum Gasteiger partial charge on any atom is 0.338 e. The molecule has 0 amide bonds. The van der Waals surface area contributed by atoms with E-state index in [-0.39, 0.29) is 11.3 Å². The summed E-state index contributed by atoms with van der Waals surface area (Å²) in [6.45, 7) is 0. The fourth-order valence-corrected chi connectivity index (χ4v) is 1.79. The van der Waals surface area contributed by atoms with Gasteiger partial charge in [0.2, 0.25) is 0 Å². The highest BCUT2D eigenvalue weighted by atomic mass is 16.6. The van der Waals surface area contributed by atoms with Gasteiger partial charge >= 0.3 is 5.97 Å². The van der Waals surface area contributed by atoms with E-state index < -0.39 is 10.9 Å². The average Bonchev–Trinajstić information content (AvgIpc) is 2.46. The van der Waals surface area contributed by atoms with Crippen LogP contribution in [0.4, 0.5) is 17.1 Å². The largest absolute Gasteiger partial charge is 0.478 e. The van der Waals surface area contributed by atoms with Gasteiger partial charge in [-0.25, -0.2) is 4.79 Å². The van der Waals surface area contributed by atoms with Gasteiger partial charge in [-0.15, -0.1) is 0 Å². The van der Waals surface area contributed by atoms with Crippen molar-refractivity contribution in [1.29, 1.82) is 0 Å². The second-order valence-electron chi connectivity index (χ2n) is 4.03. The van der Waals surface area contributed by atoms with E-state index in [9.17, 15) is 20.0 Å². The molecule has 2 rings (SSSR count). The minimum Gasteiger partial charge on any atom is -0.478 e. The summed E-state index contributed by atoms with van der Waals surface area (Å²) in [6.07, 6.45) is 3.18. The lowest BCUT2D eigenvalue weighted by atomic mass is 10.1. The van der Waals surface area contributed by atoms with Crippen LogP contribution in [0.25, 0.3) is 0 Å². The maximum atomic E-state index is 11.3. The van der Waals surface area contributed by atoms with Gasteiger partial charge in [0.05, 0.1) is 28.1 Å². The molecule has 20 heavy (non-hydrogen) atoms. The first-order valence-corrected chi connectivity index (χ1v) is 5.66. The van der Waals surface area contributed by atoms with Gasteiger partial charge in [-0.3, -0.25) is 15.1 Å². The maximum absolute atomic E-state index is 11.3. The van der Waals surface area contributed by atoms with Crippen LogP contribution in [0.5, 0.6) is 0 Å². The number of nitro groups is 1. The number of rotatable bonds is 4. The van der Waals surface area contributed by atoms with Crippen LogP contribution in [0.2, 0.25) is 0 Å². The number of non-ortho nitro benzene ring substituents is 1. The minimum atomic E-state index is -1.22. The number of carbonyl (C=O) groups is 1. The minimum absolute atomic E-state index is 0.134. The SMILES string of the molecule is CN(c1cccnc1)c1ccc([N+](=O)[O-])cc1C(=O)O. The molecule has 7 nitrogen and oxygen atoms in total. The highest BCUT2D eigenvalue weighted by Gasteiger charge is 2.19. The van der Waals surface area contributed by atoms with E-state index in [1.165, 1.54) is 12.1 Å². The number of pyridine rings is 1. The van der Waals surface area contributed by atoms with Crippen molar-refractivity contribution in [2.24, 2.45) is 0 Å². The summed E-state index contributed by atoms with van der Waals surface area (Å²) < 4.78 is 0. The third-order valence-electron chi connectivity index (χ3n) is 2.82. The Labute approximate surface area is 114 Å². The normalized spacial score (nSPS) is 10.1. The first-order chi connectivity index (χ1) is 9.50. The summed E-state index contributed by atoms with van der Waals surface area (Å²) >= 11 is 0. The zero-order valence-corrected chi connectivity index (χ0v) is 10.6. The first-order valence-electron chi connectivity index (χ1n) is 5.66. The molecular weight excluding hydrogens is 262 g/mol. The fourth-order valence-electron chi connectivity index (χ4n) is 1.79. The van der Waals surface area contributed by atoms with E-state index in [1.807, 2.05) is 0 Å². The molecule has 2 aromatic rings. The van der Waals surface area contributed by atoms with Gasteiger partial charge < -0.3 is 10.0 Å². The topological polar surface area (TPSA) is 96.6 Å². The van der Waals surface area contributed by atoms with Crippen LogP contribution < -0.4 is 4.90 Å². The number of carboxylic acid groups (broad SMARTS) is 1. The second-order valence-corrected chi connectivity index (χ2v) is 4.03. The smallest absolute Gasteiger partial charge is 0.338 e. The monoisotopic (exact) mass is 273 g/mol. The van der Waals surface area contributed by atoms with Gasteiger partial charge in [-0.05, 0) is 18.2 Å².